The van der Waals surface area contributed by atoms with Crippen LogP contribution < -0.4 is 16.0 Å². The lowest BCUT2D eigenvalue weighted by Crippen LogP contribution is -2.33. The Labute approximate surface area is 193 Å². The van der Waals surface area contributed by atoms with Crippen molar-refractivity contribution in [2.75, 3.05) is 7.11 Å². The third-order valence-electron chi connectivity index (χ3n) is 5.71. The molecule has 3 aromatic heterocycles. The summed E-state index contributed by atoms with van der Waals surface area (Å²) in [6.45, 7) is 5.80. The standard InChI is InChI=1S/C25H22N4O3S/c1-14-5-8-18(9-6-14)29-24(30)21-16(3)22(33-23(21)27-25(29)31)17-7-10-19(20(11-17)32-4)28-12-15(2)26-13-28/h5-13H,1-4H3,(H,27,31). The molecular formula is C25H22N4O3S. The minimum Gasteiger partial charge on any atom is -0.495 e. The number of rotatable bonds is 4. The first-order valence-corrected chi connectivity index (χ1v) is 11.2. The maximum Gasteiger partial charge on any atom is 0.334 e. The Bertz CT molecular complexity index is 1620. The quantitative estimate of drug-likeness (QED) is 0.429. The van der Waals surface area contributed by atoms with Gasteiger partial charge in [-0.15, -0.1) is 11.3 Å². The van der Waals surface area contributed by atoms with Crippen molar-refractivity contribution < 1.29 is 4.74 Å². The van der Waals surface area contributed by atoms with Crippen molar-refractivity contribution in [1.29, 1.82) is 0 Å². The number of hydrogen-bond donors (Lipinski definition) is 1. The molecule has 2 aromatic carbocycles. The van der Waals surface area contributed by atoms with Crippen LogP contribution >= 0.6 is 11.3 Å². The fourth-order valence-corrected chi connectivity index (χ4v) is 5.19. The minimum atomic E-state index is -0.451. The van der Waals surface area contributed by atoms with Crippen LogP contribution in [0, 0.1) is 20.8 Å². The molecule has 0 saturated carbocycles. The van der Waals surface area contributed by atoms with E-state index in [4.69, 9.17) is 4.74 Å². The summed E-state index contributed by atoms with van der Waals surface area (Å²) in [4.78, 5) is 34.8. The molecule has 0 aliphatic heterocycles. The summed E-state index contributed by atoms with van der Waals surface area (Å²) in [5.74, 6) is 0.687. The van der Waals surface area contributed by atoms with E-state index in [1.54, 1.807) is 25.6 Å². The molecule has 5 rings (SSSR count). The van der Waals surface area contributed by atoms with Gasteiger partial charge in [-0.2, -0.15) is 0 Å². The highest BCUT2D eigenvalue weighted by atomic mass is 32.1. The van der Waals surface area contributed by atoms with Crippen molar-refractivity contribution in [2.45, 2.75) is 20.8 Å². The number of aryl methyl sites for hydroxylation is 3. The Morgan fingerprint density at radius 3 is 2.45 bits per heavy atom. The zero-order chi connectivity index (χ0) is 23.3. The molecule has 0 saturated heterocycles. The summed E-state index contributed by atoms with van der Waals surface area (Å²) in [7, 11) is 1.63. The number of nitrogens with one attached hydrogen (secondary N) is 1. The second kappa shape index (κ2) is 7.90. The largest absolute Gasteiger partial charge is 0.495 e. The van der Waals surface area contributed by atoms with Gasteiger partial charge in [0, 0.05) is 11.1 Å². The zero-order valence-corrected chi connectivity index (χ0v) is 19.5. The van der Waals surface area contributed by atoms with Crippen molar-refractivity contribution >= 4 is 21.6 Å². The summed E-state index contributed by atoms with van der Waals surface area (Å²) >= 11 is 1.39. The molecule has 3 heterocycles. The monoisotopic (exact) mass is 458 g/mol. The van der Waals surface area contributed by atoms with Crippen LogP contribution in [0.4, 0.5) is 0 Å². The van der Waals surface area contributed by atoms with E-state index >= 15 is 0 Å². The number of benzene rings is 2. The number of methoxy groups -OCH3 is 1. The van der Waals surface area contributed by atoms with Gasteiger partial charge >= 0.3 is 5.69 Å². The number of imidazole rings is 1. The summed E-state index contributed by atoms with van der Waals surface area (Å²) in [6, 6.07) is 13.2. The fraction of sp³-hybridized carbons (Fsp3) is 0.160. The number of thiophene rings is 1. The molecule has 0 atom stereocenters. The predicted molar refractivity (Wildman–Crippen MR) is 131 cm³/mol. The minimum absolute atomic E-state index is 0.324. The smallest absolute Gasteiger partial charge is 0.334 e. The summed E-state index contributed by atoms with van der Waals surface area (Å²) in [5.41, 5.74) is 4.34. The molecule has 5 aromatic rings. The van der Waals surface area contributed by atoms with Gasteiger partial charge in [0.25, 0.3) is 5.56 Å². The number of hydrogen-bond acceptors (Lipinski definition) is 5. The van der Waals surface area contributed by atoms with Gasteiger partial charge in [0.05, 0.1) is 35.9 Å². The molecule has 0 spiro atoms. The van der Waals surface area contributed by atoms with Crippen LogP contribution in [0.3, 0.4) is 0 Å². The summed E-state index contributed by atoms with van der Waals surface area (Å²) in [6.07, 6.45) is 3.68. The molecule has 1 N–H and O–H groups in total. The summed E-state index contributed by atoms with van der Waals surface area (Å²) in [5, 5.41) is 0.517. The zero-order valence-electron chi connectivity index (χ0n) is 18.7. The number of aromatic nitrogens is 4. The van der Waals surface area contributed by atoms with Crippen LogP contribution in [-0.2, 0) is 0 Å². The van der Waals surface area contributed by atoms with Gasteiger partial charge in [-0.1, -0.05) is 23.8 Å². The van der Waals surface area contributed by atoms with Gasteiger partial charge in [-0.25, -0.2) is 14.3 Å². The lowest BCUT2D eigenvalue weighted by Gasteiger charge is -2.11. The fourth-order valence-electron chi connectivity index (χ4n) is 4.00. The van der Waals surface area contributed by atoms with E-state index in [2.05, 4.69) is 9.97 Å². The third kappa shape index (κ3) is 3.48. The van der Waals surface area contributed by atoms with Gasteiger partial charge in [0.2, 0.25) is 0 Å². The van der Waals surface area contributed by atoms with E-state index in [0.29, 0.717) is 21.7 Å². The lowest BCUT2D eigenvalue weighted by atomic mass is 10.1. The van der Waals surface area contributed by atoms with Crippen LogP contribution in [0.25, 0.3) is 32.0 Å². The SMILES string of the molecule is COc1cc(-c2sc3[nH]c(=O)n(-c4ccc(C)cc4)c(=O)c3c2C)ccc1-n1cnc(C)c1. The molecule has 0 unspecified atom stereocenters. The first-order chi connectivity index (χ1) is 15.9. The van der Waals surface area contributed by atoms with Crippen molar-refractivity contribution in [1.82, 2.24) is 19.1 Å². The Morgan fingerprint density at radius 1 is 1.03 bits per heavy atom. The number of ether oxygens (including phenoxy) is 1. The van der Waals surface area contributed by atoms with Crippen LogP contribution in [-0.4, -0.2) is 26.2 Å². The molecule has 0 amide bonds. The normalized spacial score (nSPS) is 11.3. The van der Waals surface area contributed by atoms with E-state index in [-0.39, 0.29) is 5.56 Å². The van der Waals surface area contributed by atoms with Crippen LogP contribution in [0.5, 0.6) is 5.75 Å². The topological polar surface area (TPSA) is 81.9 Å². The molecule has 0 aliphatic carbocycles. The average Bonchev–Trinajstić information content (AvgIpc) is 3.37. The van der Waals surface area contributed by atoms with E-state index in [1.165, 1.54) is 15.9 Å². The first-order valence-electron chi connectivity index (χ1n) is 10.4. The Kier molecular flexibility index (Phi) is 5.02. The number of aromatic amines is 1. The number of fused-ring (bicyclic) bond motifs is 1. The second-order valence-electron chi connectivity index (χ2n) is 7.98. The van der Waals surface area contributed by atoms with E-state index in [9.17, 15) is 9.59 Å². The molecular weight excluding hydrogens is 436 g/mol. The van der Waals surface area contributed by atoms with Crippen molar-refractivity contribution in [2.24, 2.45) is 0 Å². The lowest BCUT2D eigenvalue weighted by molar-refractivity contribution is 0.413. The van der Waals surface area contributed by atoms with Crippen LogP contribution in [0.1, 0.15) is 16.8 Å². The second-order valence-corrected chi connectivity index (χ2v) is 9.00. The van der Waals surface area contributed by atoms with Gasteiger partial charge in [0.15, 0.2) is 0 Å². The van der Waals surface area contributed by atoms with Gasteiger partial charge in [-0.05, 0) is 56.2 Å². The Morgan fingerprint density at radius 2 is 1.79 bits per heavy atom. The van der Waals surface area contributed by atoms with Gasteiger partial charge in [-0.3, -0.25) is 9.78 Å². The highest BCUT2D eigenvalue weighted by Crippen LogP contribution is 2.38. The van der Waals surface area contributed by atoms with E-state index in [0.717, 1.165) is 32.9 Å². The van der Waals surface area contributed by atoms with E-state index < -0.39 is 5.69 Å². The molecule has 166 valence electrons. The highest BCUT2D eigenvalue weighted by molar-refractivity contribution is 7.22. The molecule has 0 radical (unpaired) electrons. The number of H-pyrrole nitrogens is 1. The number of nitrogens with zero attached hydrogens (tertiary/aromatic N) is 3. The van der Waals surface area contributed by atoms with E-state index in [1.807, 2.05) is 61.9 Å². The first kappa shape index (κ1) is 21.0. The van der Waals surface area contributed by atoms with Crippen LogP contribution in [0.15, 0.2) is 64.6 Å². The maximum absolute atomic E-state index is 13.4. The Hall–Kier alpha value is -3.91. The molecule has 0 fully saturated rings. The molecule has 0 bridgehead atoms. The highest BCUT2D eigenvalue weighted by Gasteiger charge is 2.19. The van der Waals surface area contributed by atoms with Gasteiger partial charge in [0.1, 0.15) is 10.6 Å². The van der Waals surface area contributed by atoms with Crippen molar-refractivity contribution in [3.8, 4) is 27.6 Å². The summed E-state index contributed by atoms with van der Waals surface area (Å²) < 4.78 is 8.75. The maximum atomic E-state index is 13.4. The van der Waals surface area contributed by atoms with Gasteiger partial charge < -0.3 is 9.30 Å². The Balaban J connectivity index is 1.68. The molecule has 0 aliphatic rings. The van der Waals surface area contributed by atoms with Crippen molar-refractivity contribution in [3.05, 3.63) is 92.6 Å². The van der Waals surface area contributed by atoms with Crippen LogP contribution in [0.2, 0.25) is 0 Å². The molecule has 7 nitrogen and oxygen atoms in total. The third-order valence-corrected chi connectivity index (χ3v) is 6.97. The molecule has 33 heavy (non-hydrogen) atoms. The predicted octanol–water partition coefficient (Wildman–Crippen LogP) is 4.53. The average molecular weight is 459 g/mol. The van der Waals surface area contributed by atoms with Crippen molar-refractivity contribution in [3.63, 3.8) is 0 Å². The molecule has 8 heteroatoms.